The van der Waals surface area contributed by atoms with Crippen molar-refractivity contribution in [2.75, 3.05) is 0 Å². The Morgan fingerprint density at radius 2 is 1.92 bits per heavy atom. The Bertz CT molecular complexity index is 1100. The topological polar surface area (TPSA) is 91.9 Å². The van der Waals surface area contributed by atoms with Crippen LogP contribution in [-0.2, 0) is 0 Å². The van der Waals surface area contributed by atoms with Gasteiger partial charge in [-0.1, -0.05) is 29.5 Å². The van der Waals surface area contributed by atoms with E-state index in [0.29, 0.717) is 32.4 Å². The number of aromatic hydroxyl groups is 1. The lowest BCUT2D eigenvalue weighted by Crippen LogP contribution is -1.89. The minimum absolute atomic E-state index is 0.156. The number of benzene rings is 2. The van der Waals surface area contributed by atoms with Crippen molar-refractivity contribution in [2.24, 2.45) is 0 Å². The predicted octanol–water partition coefficient (Wildman–Crippen LogP) is 4.12. The summed E-state index contributed by atoms with van der Waals surface area (Å²) in [5.41, 5.74) is 1.50. The normalized spacial score (nSPS) is 10.5. The van der Waals surface area contributed by atoms with Crippen LogP contribution in [0.2, 0.25) is 0 Å². The summed E-state index contributed by atoms with van der Waals surface area (Å²) in [4.78, 5) is 12.8. The smallest absolute Gasteiger partial charge is 0.242 e. The molecule has 0 spiro atoms. The third-order valence-electron chi connectivity index (χ3n) is 3.49. The molecule has 6 nitrogen and oxygen atoms in total. The fourth-order valence-corrected chi connectivity index (χ4v) is 3.22. The van der Waals surface area contributed by atoms with Crippen LogP contribution in [0.1, 0.15) is 5.56 Å². The second-order valence-corrected chi connectivity index (χ2v) is 6.09. The van der Waals surface area contributed by atoms with E-state index < -0.39 is 0 Å². The van der Waals surface area contributed by atoms with Crippen LogP contribution < -0.4 is 4.74 Å². The molecule has 0 aliphatic heterocycles. The highest BCUT2D eigenvalue weighted by atomic mass is 32.1. The largest absolute Gasteiger partial charge is 0.492 e. The number of nitrogens with zero attached hydrogens (tertiary/aromatic N) is 4. The number of aromatic nitrogens is 3. The molecule has 0 atom stereocenters. The van der Waals surface area contributed by atoms with Crippen molar-refractivity contribution in [2.45, 2.75) is 0 Å². The van der Waals surface area contributed by atoms with Crippen LogP contribution in [0.25, 0.3) is 20.9 Å². The molecule has 2 aromatic heterocycles. The van der Waals surface area contributed by atoms with Crippen LogP contribution in [0, 0.1) is 11.3 Å². The molecule has 0 unspecified atom stereocenters. The van der Waals surface area contributed by atoms with Crippen molar-refractivity contribution >= 4 is 21.7 Å². The van der Waals surface area contributed by atoms with Crippen molar-refractivity contribution in [3.8, 4) is 34.0 Å². The SMILES string of the molecule is N#Cc1cc(-c2nc3c(O)ncnc3s2)ccc1Oc1ccccc1. The first-order valence-corrected chi connectivity index (χ1v) is 8.14. The van der Waals surface area contributed by atoms with Gasteiger partial charge >= 0.3 is 0 Å². The minimum Gasteiger partial charge on any atom is -0.492 e. The predicted molar refractivity (Wildman–Crippen MR) is 93.5 cm³/mol. The Labute approximate surface area is 146 Å². The van der Waals surface area contributed by atoms with E-state index in [2.05, 4.69) is 21.0 Å². The zero-order valence-corrected chi connectivity index (χ0v) is 13.6. The quantitative estimate of drug-likeness (QED) is 0.600. The number of rotatable bonds is 3. The van der Waals surface area contributed by atoms with E-state index in [9.17, 15) is 10.4 Å². The molecule has 0 fully saturated rings. The fourth-order valence-electron chi connectivity index (χ4n) is 2.32. The first kappa shape index (κ1) is 15.1. The maximum absolute atomic E-state index is 9.76. The van der Waals surface area contributed by atoms with Gasteiger partial charge < -0.3 is 9.84 Å². The van der Waals surface area contributed by atoms with E-state index in [1.165, 1.54) is 17.7 Å². The monoisotopic (exact) mass is 346 g/mol. The molecule has 7 heteroatoms. The van der Waals surface area contributed by atoms with Crippen molar-refractivity contribution in [3.05, 3.63) is 60.4 Å². The molecule has 2 aromatic carbocycles. The van der Waals surface area contributed by atoms with Gasteiger partial charge in [0.05, 0.1) is 5.56 Å². The molecule has 0 aliphatic rings. The lowest BCUT2D eigenvalue weighted by molar-refractivity contribution is 0.458. The lowest BCUT2D eigenvalue weighted by Gasteiger charge is -2.08. The number of ether oxygens (including phenoxy) is 1. The molecule has 4 aromatic rings. The van der Waals surface area contributed by atoms with Crippen LogP contribution in [0.4, 0.5) is 0 Å². The highest BCUT2D eigenvalue weighted by Gasteiger charge is 2.13. The number of thiazole rings is 1. The molecule has 0 aliphatic carbocycles. The summed E-state index contributed by atoms with van der Waals surface area (Å²) in [5, 5.41) is 19.9. The van der Waals surface area contributed by atoms with Gasteiger partial charge in [0.1, 0.15) is 28.9 Å². The van der Waals surface area contributed by atoms with Gasteiger partial charge in [-0.25, -0.2) is 9.97 Å². The third kappa shape index (κ3) is 2.86. The number of para-hydroxylation sites is 1. The van der Waals surface area contributed by atoms with E-state index in [4.69, 9.17) is 4.74 Å². The summed E-state index contributed by atoms with van der Waals surface area (Å²) in [6.45, 7) is 0. The maximum Gasteiger partial charge on any atom is 0.242 e. The average Bonchev–Trinajstić information content (AvgIpc) is 3.09. The van der Waals surface area contributed by atoms with Gasteiger partial charge in [-0.05, 0) is 30.3 Å². The van der Waals surface area contributed by atoms with Crippen LogP contribution >= 0.6 is 11.3 Å². The third-order valence-corrected chi connectivity index (χ3v) is 4.51. The summed E-state index contributed by atoms with van der Waals surface area (Å²) in [6, 6.07) is 16.7. The summed E-state index contributed by atoms with van der Waals surface area (Å²) in [6.07, 6.45) is 1.29. The summed E-state index contributed by atoms with van der Waals surface area (Å²) in [5.74, 6) is 0.977. The summed E-state index contributed by atoms with van der Waals surface area (Å²) in [7, 11) is 0. The van der Waals surface area contributed by atoms with Crippen LogP contribution in [0.3, 0.4) is 0 Å². The van der Waals surface area contributed by atoms with Gasteiger partial charge in [-0.15, -0.1) is 0 Å². The number of nitriles is 1. The van der Waals surface area contributed by atoms with E-state index in [1.807, 2.05) is 36.4 Å². The van der Waals surface area contributed by atoms with Gasteiger partial charge in [0, 0.05) is 5.56 Å². The fraction of sp³-hybridized carbons (Fsp3) is 0. The Balaban J connectivity index is 1.73. The van der Waals surface area contributed by atoms with E-state index in [0.717, 1.165) is 5.56 Å². The first-order chi connectivity index (χ1) is 12.2. The van der Waals surface area contributed by atoms with Crippen molar-refractivity contribution in [1.82, 2.24) is 15.0 Å². The van der Waals surface area contributed by atoms with Crippen molar-refractivity contribution in [3.63, 3.8) is 0 Å². The van der Waals surface area contributed by atoms with Gasteiger partial charge in [0.25, 0.3) is 0 Å². The highest BCUT2D eigenvalue weighted by molar-refractivity contribution is 7.21. The zero-order valence-electron chi connectivity index (χ0n) is 12.7. The zero-order chi connectivity index (χ0) is 17.2. The molecule has 1 N–H and O–H groups in total. The van der Waals surface area contributed by atoms with Crippen molar-refractivity contribution < 1.29 is 9.84 Å². The Hall–Kier alpha value is -3.50. The summed E-state index contributed by atoms with van der Waals surface area (Å²) < 4.78 is 5.77. The van der Waals surface area contributed by atoms with E-state index in [1.54, 1.807) is 12.1 Å². The second-order valence-electron chi connectivity index (χ2n) is 5.11. The Morgan fingerprint density at radius 1 is 1.08 bits per heavy atom. The molecule has 120 valence electrons. The van der Waals surface area contributed by atoms with Crippen LogP contribution in [-0.4, -0.2) is 20.1 Å². The van der Waals surface area contributed by atoms with E-state index >= 15 is 0 Å². The Morgan fingerprint density at radius 3 is 2.68 bits per heavy atom. The van der Waals surface area contributed by atoms with Gasteiger partial charge in [0.15, 0.2) is 10.3 Å². The first-order valence-electron chi connectivity index (χ1n) is 7.32. The van der Waals surface area contributed by atoms with Gasteiger partial charge in [0.2, 0.25) is 5.88 Å². The number of fused-ring (bicyclic) bond motifs is 1. The molecule has 25 heavy (non-hydrogen) atoms. The maximum atomic E-state index is 9.76. The lowest BCUT2D eigenvalue weighted by atomic mass is 10.1. The van der Waals surface area contributed by atoms with Crippen molar-refractivity contribution in [1.29, 1.82) is 5.26 Å². The van der Waals surface area contributed by atoms with E-state index in [-0.39, 0.29) is 5.88 Å². The molecule has 4 rings (SSSR count). The van der Waals surface area contributed by atoms with Crippen LogP contribution in [0.5, 0.6) is 17.4 Å². The molecule has 2 heterocycles. The summed E-state index contributed by atoms with van der Waals surface area (Å²) >= 11 is 1.32. The highest BCUT2D eigenvalue weighted by Crippen LogP contribution is 2.34. The molecular formula is C18H10N4O2S. The van der Waals surface area contributed by atoms with Gasteiger partial charge in [-0.3, -0.25) is 0 Å². The minimum atomic E-state index is -0.156. The molecule has 0 bridgehead atoms. The standard InChI is InChI=1S/C18H10N4O2S/c19-9-12-8-11(6-7-14(12)24-13-4-2-1-3-5-13)17-22-15-16(23)20-10-21-18(15)25-17/h1-8,10H,(H,20,21,23). The molecular weight excluding hydrogens is 336 g/mol. The molecule has 0 saturated carbocycles. The number of hydrogen-bond acceptors (Lipinski definition) is 7. The van der Waals surface area contributed by atoms with Crippen LogP contribution in [0.15, 0.2) is 54.9 Å². The number of hydrogen-bond donors (Lipinski definition) is 1. The molecule has 0 saturated heterocycles. The Kier molecular flexibility index (Phi) is 3.72. The average molecular weight is 346 g/mol. The molecule has 0 radical (unpaired) electrons. The second kappa shape index (κ2) is 6.19. The molecule has 0 amide bonds. The van der Waals surface area contributed by atoms with Gasteiger partial charge in [-0.2, -0.15) is 10.2 Å².